The molecule has 2 aliphatic heterocycles. The first-order valence-corrected chi connectivity index (χ1v) is 3.95. The van der Waals surface area contributed by atoms with E-state index in [0.29, 0.717) is 12.2 Å². The number of rotatable bonds is 0. The number of nitrogens with one attached hydrogen (secondary N) is 1. The van der Waals surface area contributed by atoms with Gasteiger partial charge in [0.15, 0.2) is 0 Å². The van der Waals surface area contributed by atoms with Crippen molar-refractivity contribution in [1.29, 1.82) is 0 Å². The van der Waals surface area contributed by atoms with Gasteiger partial charge in [-0.1, -0.05) is 12.2 Å². The lowest BCUT2D eigenvalue weighted by Gasteiger charge is -2.21. The molecule has 13 heavy (non-hydrogen) atoms. The van der Waals surface area contributed by atoms with Crippen LogP contribution < -0.4 is 5.32 Å². The van der Waals surface area contributed by atoms with Crippen LogP contribution in [-0.2, 0) is 9.59 Å². The molecule has 0 spiro atoms. The second kappa shape index (κ2) is 2.90. The van der Waals surface area contributed by atoms with Gasteiger partial charge >= 0.3 is 0 Å². The van der Waals surface area contributed by atoms with Crippen molar-refractivity contribution in [3.63, 3.8) is 0 Å². The van der Waals surface area contributed by atoms with E-state index in [4.69, 9.17) is 0 Å². The van der Waals surface area contributed by atoms with Gasteiger partial charge in [-0.25, -0.2) is 0 Å². The molecule has 0 aromatic rings. The quantitative estimate of drug-likeness (QED) is 0.561. The summed E-state index contributed by atoms with van der Waals surface area (Å²) in [5.41, 5.74) is 0.400. The molecule has 2 rings (SSSR count). The highest BCUT2D eigenvalue weighted by molar-refractivity contribution is 6.03. The summed E-state index contributed by atoms with van der Waals surface area (Å²) in [5, 5.41) is 2.49. The summed E-state index contributed by atoms with van der Waals surface area (Å²) in [7, 11) is 0. The Morgan fingerprint density at radius 1 is 1.38 bits per heavy atom. The first-order chi connectivity index (χ1) is 6.29. The number of carbonyl (C=O) groups is 2. The van der Waals surface area contributed by atoms with Crippen LogP contribution in [0.1, 0.15) is 0 Å². The van der Waals surface area contributed by atoms with Gasteiger partial charge in [0.05, 0.1) is 0 Å². The fraction of sp³-hybridized carbons (Fsp3) is 0.111. The molecule has 2 aliphatic rings. The molecule has 0 fully saturated rings. The van der Waals surface area contributed by atoms with Crippen molar-refractivity contribution in [1.82, 2.24) is 10.2 Å². The van der Waals surface area contributed by atoms with E-state index in [-0.39, 0.29) is 11.8 Å². The zero-order chi connectivity index (χ0) is 9.26. The van der Waals surface area contributed by atoms with Crippen LogP contribution in [0.2, 0.25) is 0 Å². The summed E-state index contributed by atoms with van der Waals surface area (Å²) in [6.07, 6.45) is 7.93. The molecule has 2 heterocycles. The average molecular weight is 176 g/mol. The molecule has 0 aliphatic carbocycles. The topological polar surface area (TPSA) is 49.4 Å². The normalized spacial score (nSPS) is 20.6. The van der Waals surface area contributed by atoms with E-state index in [1.807, 2.05) is 6.08 Å². The molecule has 0 atom stereocenters. The molecule has 0 saturated carbocycles. The Kier molecular flexibility index (Phi) is 1.73. The SMILES string of the molecule is O=C1NC=CC(=O)N2CC=CC=C12. The summed E-state index contributed by atoms with van der Waals surface area (Å²) in [5.74, 6) is -0.416. The first-order valence-electron chi connectivity index (χ1n) is 3.95. The van der Waals surface area contributed by atoms with Crippen molar-refractivity contribution >= 4 is 11.8 Å². The van der Waals surface area contributed by atoms with Gasteiger partial charge in [0.25, 0.3) is 11.8 Å². The highest BCUT2D eigenvalue weighted by Gasteiger charge is 2.23. The summed E-state index contributed by atoms with van der Waals surface area (Å²) < 4.78 is 0. The number of fused-ring (bicyclic) bond motifs is 1. The Balaban J connectivity index is 2.41. The predicted molar refractivity (Wildman–Crippen MR) is 46.2 cm³/mol. The summed E-state index contributed by atoms with van der Waals surface area (Å²) in [6.45, 7) is 0.461. The van der Waals surface area contributed by atoms with Crippen molar-refractivity contribution in [3.8, 4) is 0 Å². The maximum atomic E-state index is 11.4. The average Bonchev–Trinajstić information content (AvgIpc) is 2.29. The Labute approximate surface area is 75.2 Å². The van der Waals surface area contributed by atoms with Gasteiger partial charge in [0.2, 0.25) is 0 Å². The third-order valence-electron chi connectivity index (χ3n) is 1.91. The first kappa shape index (κ1) is 7.79. The van der Waals surface area contributed by atoms with E-state index in [2.05, 4.69) is 5.32 Å². The van der Waals surface area contributed by atoms with Crippen LogP contribution in [0.5, 0.6) is 0 Å². The number of allylic oxidation sites excluding steroid dienone is 2. The minimum absolute atomic E-state index is 0.172. The van der Waals surface area contributed by atoms with Crippen molar-refractivity contribution in [2.45, 2.75) is 0 Å². The molecule has 1 N–H and O–H groups in total. The Morgan fingerprint density at radius 2 is 2.23 bits per heavy atom. The van der Waals surface area contributed by atoms with Gasteiger partial charge in [-0.3, -0.25) is 9.59 Å². The van der Waals surface area contributed by atoms with E-state index in [0.717, 1.165) is 0 Å². The largest absolute Gasteiger partial charge is 0.327 e. The molecule has 0 saturated heterocycles. The van der Waals surface area contributed by atoms with E-state index in [1.54, 1.807) is 12.2 Å². The highest BCUT2D eigenvalue weighted by Crippen LogP contribution is 2.12. The number of carbonyl (C=O) groups excluding carboxylic acids is 2. The number of hydrogen-bond acceptors (Lipinski definition) is 2. The monoisotopic (exact) mass is 176 g/mol. The molecule has 0 aromatic carbocycles. The molecule has 0 unspecified atom stereocenters. The number of amides is 2. The second-order valence-corrected chi connectivity index (χ2v) is 2.74. The third kappa shape index (κ3) is 1.26. The molecule has 0 radical (unpaired) electrons. The maximum absolute atomic E-state index is 11.4. The Hall–Kier alpha value is -1.84. The second-order valence-electron chi connectivity index (χ2n) is 2.74. The third-order valence-corrected chi connectivity index (χ3v) is 1.91. The molecule has 2 amide bonds. The Morgan fingerprint density at radius 3 is 3.08 bits per heavy atom. The van der Waals surface area contributed by atoms with E-state index >= 15 is 0 Å². The van der Waals surface area contributed by atoms with Crippen LogP contribution in [0.25, 0.3) is 0 Å². The molecular weight excluding hydrogens is 168 g/mol. The van der Waals surface area contributed by atoms with Gasteiger partial charge < -0.3 is 10.2 Å². The van der Waals surface area contributed by atoms with Gasteiger partial charge in [-0.05, 0) is 6.08 Å². The molecule has 4 heteroatoms. The standard InChI is InChI=1S/C9H8N2O2/c12-8-4-5-10-9(13)7-3-1-2-6-11(7)8/h1-5H,6H2,(H,10,13). The van der Waals surface area contributed by atoms with Crippen LogP contribution in [0.4, 0.5) is 0 Å². The lowest BCUT2D eigenvalue weighted by atomic mass is 10.2. The lowest BCUT2D eigenvalue weighted by molar-refractivity contribution is -0.127. The fourth-order valence-electron chi connectivity index (χ4n) is 1.27. The lowest BCUT2D eigenvalue weighted by Crippen LogP contribution is -2.35. The molecule has 0 aromatic heterocycles. The number of nitrogens with zero attached hydrogens (tertiary/aromatic N) is 1. The van der Waals surface area contributed by atoms with Gasteiger partial charge in [0.1, 0.15) is 5.70 Å². The molecule has 0 bridgehead atoms. The molecular formula is C9H8N2O2. The Bertz CT molecular complexity index is 353. The number of hydrogen-bond donors (Lipinski definition) is 1. The van der Waals surface area contributed by atoms with E-state index in [9.17, 15) is 9.59 Å². The molecule has 4 nitrogen and oxygen atoms in total. The summed E-state index contributed by atoms with van der Waals surface area (Å²) >= 11 is 0. The summed E-state index contributed by atoms with van der Waals surface area (Å²) in [4.78, 5) is 24.1. The predicted octanol–water partition coefficient (Wildman–Crippen LogP) is -0.0878. The van der Waals surface area contributed by atoms with E-state index in [1.165, 1.54) is 17.2 Å². The van der Waals surface area contributed by atoms with Crippen molar-refractivity contribution in [2.24, 2.45) is 0 Å². The van der Waals surface area contributed by atoms with Crippen LogP contribution in [-0.4, -0.2) is 23.3 Å². The van der Waals surface area contributed by atoms with Crippen LogP contribution in [0.3, 0.4) is 0 Å². The van der Waals surface area contributed by atoms with Gasteiger partial charge in [-0.15, -0.1) is 0 Å². The van der Waals surface area contributed by atoms with Crippen molar-refractivity contribution < 1.29 is 9.59 Å². The van der Waals surface area contributed by atoms with Crippen LogP contribution in [0, 0.1) is 0 Å². The zero-order valence-corrected chi connectivity index (χ0v) is 6.86. The maximum Gasteiger partial charge on any atom is 0.271 e. The highest BCUT2D eigenvalue weighted by atomic mass is 16.2. The van der Waals surface area contributed by atoms with Gasteiger partial charge in [0, 0.05) is 18.8 Å². The van der Waals surface area contributed by atoms with E-state index < -0.39 is 0 Å². The zero-order valence-electron chi connectivity index (χ0n) is 6.86. The van der Waals surface area contributed by atoms with Crippen LogP contribution >= 0.6 is 0 Å². The smallest absolute Gasteiger partial charge is 0.271 e. The minimum Gasteiger partial charge on any atom is -0.327 e. The van der Waals surface area contributed by atoms with Crippen molar-refractivity contribution in [3.05, 3.63) is 36.2 Å². The molecule has 66 valence electrons. The minimum atomic E-state index is -0.244. The van der Waals surface area contributed by atoms with Gasteiger partial charge in [-0.2, -0.15) is 0 Å². The summed E-state index contributed by atoms with van der Waals surface area (Å²) in [6, 6.07) is 0. The van der Waals surface area contributed by atoms with Crippen molar-refractivity contribution in [2.75, 3.05) is 6.54 Å². The fourth-order valence-corrected chi connectivity index (χ4v) is 1.27. The van der Waals surface area contributed by atoms with Crippen LogP contribution in [0.15, 0.2) is 36.2 Å².